The summed E-state index contributed by atoms with van der Waals surface area (Å²) in [5, 5.41) is 2.82. The Labute approximate surface area is 239 Å². The van der Waals surface area contributed by atoms with Crippen LogP contribution in [0.25, 0.3) is 0 Å². The molecule has 0 aromatic heterocycles. The number of hydrazine groups is 1. The molecule has 10 nitrogen and oxygen atoms in total. The molecule has 41 heavy (non-hydrogen) atoms. The summed E-state index contributed by atoms with van der Waals surface area (Å²) in [7, 11) is -3.57. The molecule has 2 aromatic carbocycles. The van der Waals surface area contributed by atoms with Gasteiger partial charge in [0.1, 0.15) is 23.5 Å². The summed E-state index contributed by atoms with van der Waals surface area (Å²) in [6.45, 7) is 3.19. The average Bonchev–Trinajstić information content (AvgIpc) is 2.89. The lowest BCUT2D eigenvalue weighted by atomic mass is 9.95. The van der Waals surface area contributed by atoms with Gasteiger partial charge in [-0.15, -0.1) is 0 Å². The standard InChI is InChI=1S/C26H26F3N5O5S2/c1-4-31-25(40)33-32-23(36)20-13-21(22(30)35)24(37)34(15(20)2,18-7-5-6-17(12-18)26(27,28)29)14-16-8-10-19(11-9-16)41(3,38)39/h5-13H,4,14H2,1-3H3,(H4-,30,31,32,33,35,36,40)/p+1. The molecule has 2 aromatic rings. The van der Waals surface area contributed by atoms with Crippen LogP contribution in [0.4, 0.5) is 18.9 Å². The van der Waals surface area contributed by atoms with Crippen molar-refractivity contribution < 1.29 is 36.0 Å². The molecular formula is C26H27F3N5O5S2+. The van der Waals surface area contributed by atoms with Gasteiger partial charge in [0.25, 0.3) is 11.8 Å². The van der Waals surface area contributed by atoms with Crippen LogP contribution in [0.1, 0.15) is 25.0 Å². The zero-order valence-electron chi connectivity index (χ0n) is 22.1. The van der Waals surface area contributed by atoms with Gasteiger partial charge in [0.05, 0.1) is 16.0 Å². The topological polar surface area (TPSA) is 147 Å². The van der Waals surface area contributed by atoms with Crippen molar-refractivity contribution in [1.29, 1.82) is 0 Å². The first-order chi connectivity index (χ1) is 19.0. The number of rotatable bonds is 7. The number of thiocarbonyl (C=S) groups is 1. The molecular weight excluding hydrogens is 583 g/mol. The number of hydrogen-bond donors (Lipinski definition) is 4. The molecule has 1 unspecified atom stereocenters. The van der Waals surface area contributed by atoms with Gasteiger partial charge in [-0.05, 0) is 43.4 Å². The molecule has 3 amide bonds. The number of alkyl halides is 3. The molecule has 1 aliphatic heterocycles. The smallest absolute Gasteiger partial charge is 0.365 e. The van der Waals surface area contributed by atoms with Gasteiger partial charge >= 0.3 is 12.1 Å². The summed E-state index contributed by atoms with van der Waals surface area (Å²) in [5.74, 6) is -3.03. The van der Waals surface area contributed by atoms with Crippen LogP contribution >= 0.6 is 12.2 Å². The van der Waals surface area contributed by atoms with Crippen LogP contribution in [0, 0.1) is 0 Å². The number of allylic oxidation sites excluding steroid dienone is 1. The highest BCUT2D eigenvalue weighted by Gasteiger charge is 2.50. The number of nitrogens with two attached hydrogens (primary N) is 1. The average molecular weight is 611 g/mol. The summed E-state index contributed by atoms with van der Waals surface area (Å²) in [6.07, 6.45) is -2.80. The first-order valence-corrected chi connectivity index (χ1v) is 14.3. The Morgan fingerprint density at radius 2 is 1.71 bits per heavy atom. The SMILES string of the molecule is CCNC(=S)NNC(=O)C1=C(C)[N+](Cc2ccc(S(C)(=O)=O)cc2)(c2cccc(C(F)(F)F)c2)C(=O)C(C(N)=O)=C1. The maximum atomic E-state index is 14.0. The number of quaternary nitrogens is 1. The minimum Gasteiger partial charge on any atom is -0.365 e. The van der Waals surface area contributed by atoms with Crippen LogP contribution in [0.3, 0.4) is 0 Å². The Bertz CT molecular complexity index is 1590. The Morgan fingerprint density at radius 1 is 1.07 bits per heavy atom. The van der Waals surface area contributed by atoms with Gasteiger partial charge in [0.2, 0.25) is 0 Å². The number of carbonyl (C=O) groups is 3. The minimum absolute atomic E-state index is 0.0235. The van der Waals surface area contributed by atoms with Crippen molar-refractivity contribution in [1.82, 2.24) is 20.7 Å². The van der Waals surface area contributed by atoms with Gasteiger partial charge in [-0.3, -0.25) is 20.4 Å². The van der Waals surface area contributed by atoms with E-state index in [1.165, 1.54) is 37.3 Å². The molecule has 0 fully saturated rings. The summed E-state index contributed by atoms with van der Waals surface area (Å²) in [4.78, 5) is 39.7. The van der Waals surface area contributed by atoms with E-state index in [2.05, 4.69) is 16.2 Å². The second-order valence-electron chi connectivity index (χ2n) is 9.10. The minimum atomic E-state index is -4.78. The number of halogens is 3. The molecule has 15 heteroatoms. The molecule has 0 bridgehead atoms. The normalized spacial score (nSPS) is 17.5. The van der Waals surface area contributed by atoms with Crippen molar-refractivity contribution >= 4 is 50.6 Å². The summed E-state index contributed by atoms with van der Waals surface area (Å²) in [5.41, 5.74) is 8.47. The van der Waals surface area contributed by atoms with E-state index in [4.69, 9.17) is 18.0 Å². The number of carbonyl (C=O) groups excluding carboxylic acids is 3. The number of primary amides is 1. The van der Waals surface area contributed by atoms with Crippen LogP contribution < -0.4 is 26.4 Å². The van der Waals surface area contributed by atoms with Crippen molar-refractivity contribution in [3.63, 3.8) is 0 Å². The molecule has 1 heterocycles. The zero-order valence-corrected chi connectivity index (χ0v) is 23.8. The molecule has 3 rings (SSSR count). The summed E-state index contributed by atoms with van der Waals surface area (Å²) in [6, 6.07) is 9.29. The fourth-order valence-corrected chi connectivity index (χ4v) is 5.12. The van der Waals surface area contributed by atoms with Crippen LogP contribution in [0.5, 0.6) is 0 Å². The highest BCUT2D eigenvalue weighted by Crippen LogP contribution is 2.41. The van der Waals surface area contributed by atoms with E-state index in [0.717, 1.165) is 30.5 Å². The van der Waals surface area contributed by atoms with E-state index in [1.807, 2.05) is 0 Å². The largest absolute Gasteiger partial charge is 0.416 e. The third kappa shape index (κ3) is 6.64. The third-order valence-electron chi connectivity index (χ3n) is 6.35. The van der Waals surface area contributed by atoms with Crippen molar-refractivity contribution in [2.45, 2.75) is 31.5 Å². The highest BCUT2D eigenvalue weighted by molar-refractivity contribution is 7.90. The molecule has 0 spiro atoms. The van der Waals surface area contributed by atoms with E-state index in [-0.39, 0.29) is 33.5 Å². The number of nitrogens with zero attached hydrogens (tertiary/aromatic N) is 1. The third-order valence-corrected chi connectivity index (χ3v) is 7.73. The number of hydrogen-bond acceptors (Lipinski definition) is 6. The second kappa shape index (κ2) is 11.8. The molecule has 218 valence electrons. The molecule has 0 saturated carbocycles. The predicted molar refractivity (Wildman–Crippen MR) is 149 cm³/mol. The van der Waals surface area contributed by atoms with Crippen molar-refractivity contribution in [2.24, 2.45) is 5.73 Å². The van der Waals surface area contributed by atoms with Crippen LogP contribution in [0.2, 0.25) is 0 Å². The van der Waals surface area contributed by atoms with Gasteiger partial charge in [-0.25, -0.2) is 13.2 Å². The Kier molecular flexibility index (Phi) is 9.05. The maximum Gasteiger partial charge on any atom is 0.416 e. The number of nitrogens with one attached hydrogen (secondary N) is 3. The molecule has 1 atom stereocenters. The molecule has 1 aliphatic rings. The lowest BCUT2D eigenvalue weighted by molar-refractivity contribution is -0.138. The van der Waals surface area contributed by atoms with Crippen LogP contribution in [0.15, 0.2) is 76.3 Å². The summed E-state index contributed by atoms with van der Waals surface area (Å²) < 4.78 is 64.1. The predicted octanol–water partition coefficient (Wildman–Crippen LogP) is 2.36. The lowest BCUT2D eigenvalue weighted by Crippen LogP contribution is -2.57. The van der Waals surface area contributed by atoms with Gasteiger partial charge in [0.15, 0.2) is 14.9 Å². The van der Waals surface area contributed by atoms with Crippen molar-refractivity contribution in [3.05, 3.63) is 82.6 Å². The molecule has 0 saturated heterocycles. The van der Waals surface area contributed by atoms with E-state index in [0.29, 0.717) is 12.1 Å². The van der Waals surface area contributed by atoms with Gasteiger partial charge < -0.3 is 11.1 Å². The quantitative estimate of drug-likeness (QED) is 0.162. The maximum absolute atomic E-state index is 14.0. The fourth-order valence-electron chi connectivity index (χ4n) is 4.29. The Balaban J connectivity index is 2.30. The van der Waals surface area contributed by atoms with E-state index in [9.17, 15) is 36.0 Å². The number of benzene rings is 2. The van der Waals surface area contributed by atoms with Crippen LogP contribution in [-0.2, 0) is 36.9 Å². The Morgan fingerprint density at radius 3 is 2.24 bits per heavy atom. The molecule has 0 radical (unpaired) electrons. The van der Waals surface area contributed by atoms with Gasteiger partial charge in [-0.2, -0.15) is 17.7 Å². The highest BCUT2D eigenvalue weighted by atomic mass is 32.2. The van der Waals surface area contributed by atoms with E-state index < -0.39 is 49.4 Å². The second-order valence-corrected chi connectivity index (χ2v) is 11.5. The molecule has 0 aliphatic carbocycles. The van der Waals surface area contributed by atoms with Crippen molar-refractivity contribution in [3.8, 4) is 0 Å². The van der Waals surface area contributed by atoms with E-state index in [1.54, 1.807) is 6.92 Å². The number of amides is 3. The first kappa shape index (κ1) is 31.4. The first-order valence-electron chi connectivity index (χ1n) is 12.0. The monoisotopic (exact) mass is 610 g/mol. The number of sulfone groups is 1. The van der Waals surface area contributed by atoms with Gasteiger partial charge in [-0.1, -0.05) is 18.2 Å². The summed E-state index contributed by atoms with van der Waals surface area (Å²) >= 11 is 5.03. The zero-order chi connectivity index (χ0) is 30.8. The van der Waals surface area contributed by atoms with Gasteiger partial charge in [0, 0.05) is 37.4 Å². The molecule has 5 N–H and O–H groups in total. The fraction of sp³-hybridized carbons (Fsp3) is 0.231. The Hall–Kier alpha value is -4.08. The lowest BCUT2D eigenvalue weighted by Gasteiger charge is -2.39. The van der Waals surface area contributed by atoms with Crippen molar-refractivity contribution in [2.75, 3.05) is 12.8 Å². The van der Waals surface area contributed by atoms with E-state index >= 15 is 0 Å². The van der Waals surface area contributed by atoms with Crippen LogP contribution in [-0.4, -0.2) is 44.1 Å².